The van der Waals surface area contributed by atoms with Crippen molar-refractivity contribution in [1.82, 2.24) is 0 Å². The Morgan fingerprint density at radius 1 is 1.44 bits per heavy atom. The molecule has 1 aromatic rings. The third-order valence-corrected chi connectivity index (χ3v) is 2.30. The molecule has 0 heterocycles. The molecular formula is C11H8Cl2F2O3. The zero-order chi connectivity index (χ0) is 13.7. The summed E-state index contributed by atoms with van der Waals surface area (Å²) in [5, 5.41) is 8.79. The van der Waals surface area contributed by atoms with E-state index in [1.54, 1.807) is 0 Å². The van der Waals surface area contributed by atoms with Gasteiger partial charge in [0.1, 0.15) is 12.4 Å². The van der Waals surface area contributed by atoms with Gasteiger partial charge < -0.3 is 9.84 Å². The van der Waals surface area contributed by atoms with E-state index in [0.29, 0.717) is 0 Å². The van der Waals surface area contributed by atoms with Crippen molar-refractivity contribution in [2.45, 2.75) is 6.43 Å². The molecule has 0 spiro atoms. The molecule has 0 radical (unpaired) electrons. The number of hydrogen-bond acceptors (Lipinski definition) is 2. The van der Waals surface area contributed by atoms with Crippen molar-refractivity contribution in [3.63, 3.8) is 0 Å². The number of benzene rings is 1. The zero-order valence-electron chi connectivity index (χ0n) is 8.87. The maximum atomic E-state index is 12.1. The Morgan fingerprint density at radius 2 is 2.11 bits per heavy atom. The van der Waals surface area contributed by atoms with Gasteiger partial charge in [-0.3, -0.25) is 0 Å². The second kappa shape index (κ2) is 6.56. The SMILES string of the molecule is O=C(O)/C=C/c1cc(Cl)cc(Cl)c1OCC(F)F. The van der Waals surface area contributed by atoms with Gasteiger partial charge in [0.15, 0.2) is 0 Å². The van der Waals surface area contributed by atoms with Gasteiger partial charge in [-0.25, -0.2) is 13.6 Å². The van der Waals surface area contributed by atoms with Crippen LogP contribution in [0.5, 0.6) is 5.75 Å². The molecule has 1 rings (SSSR count). The molecule has 0 atom stereocenters. The quantitative estimate of drug-likeness (QED) is 0.842. The summed E-state index contributed by atoms with van der Waals surface area (Å²) in [5.74, 6) is -1.22. The summed E-state index contributed by atoms with van der Waals surface area (Å²) in [4.78, 5) is 10.4. The predicted octanol–water partition coefficient (Wildman–Crippen LogP) is 3.74. The van der Waals surface area contributed by atoms with E-state index in [0.717, 1.165) is 6.08 Å². The lowest BCUT2D eigenvalue weighted by Crippen LogP contribution is -2.08. The molecule has 0 aliphatic heterocycles. The summed E-state index contributed by atoms with van der Waals surface area (Å²) >= 11 is 11.5. The standard InChI is InChI=1S/C11H8Cl2F2O3/c12-7-3-6(1-2-10(16)17)11(8(13)4-7)18-5-9(14)15/h1-4,9H,5H2,(H,16,17)/b2-1+. The number of hydrogen-bond donors (Lipinski definition) is 1. The lowest BCUT2D eigenvalue weighted by Gasteiger charge is -2.11. The Bertz CT molecular complexity index is 476. The van der Waals surface area contributed by atoms with Crippen molar-refractivity contribution in [1.29, 1.82) is 0 Å². The Morgan fingerprint density at radius 3 is 2.67 bits per heavy atom. The molecule has 0 amide bonds. The Hall–Kier alpha value is -1.33. The van der Waals surface area contributed by atoms with Crippen molar-refractivity contribution in [3.05, 3.63) is 33.8 Å². The molecule has 0 aromatic heterocycles. The van der Waals surface area contributed by atoms with Gasteiger partial charge in [-0.1, -0.05) is 23.2 Å². The van der Waals surface area contributed by atoms with Crippen LogP contribution >= 0.6 is 23.2 Å². The van der Waals surface area contributed by atoms with Gasteiger partial charge in [-0.15, -0.1) is 0 Å². The summed E-state index contributed by atoms with van der Waals surface area (Å²) in [6, 6.07) is 2.69. The van der Waals surface area contributed by atoms with Crippen LogP contribution in [0.2, 0.25) is 10.0 Å². The number of carbonyl (C=O) groups is 1. The van der Waals surface area contributed by atoms with Crippen molar-refractivity contribution in [3.8, 4) is 5.75 Å². The minimum absolute atomic E-state index is 0.0288. The molecule has 18 heavy (non-hydrogen) atoms. The molecule has 98 valence electrons. The van der Waals surface area contributed by atoms with E-state index in [1.807, 2.05) is 0 Å². The Kier molecular flexibility index (Phi) is 5.37. The molecule has 0 bridgehead atoms. The largest absolute Gasteiger partial charge is 0.485 e. The van der Waals surface area contributed by atoms with Crippen LogP contribution in [-0.4, -0.2) is 24.1 Å². The smallest absolute Gasteiger partial charge is 0.328 e. The molecule has 0 saturated carbocycles. The number of carboxylic acids is 1. The van der Waals surface area contributed by atoms with Crippen LogP contribution < -0.4 is 4.74 Å². The Labute approximate surface area is 112 Å². The molecule has 1 aromatic carbocycles. The van der Waals surface area contributed by atoms with Crippen LogP contribution in [0.4, 0.5) is 8.78 Å². The highest BCUT2D eigenvalue weighted by molar-refractivity contribution is 6.35. The monoisotopic (exact) mass is 296 g/mol. The average molecular weight is 297 g/mol. The highest BCUT2D eigenvalue weighted by Gasteiger charge is 2.12. The predicted molar refractivity (Wildman–Crippen MR) is 64.6 cm³/mol. The second-order valence-electron chi connectivity index (χ2n) is 3.18. The summed E-state index contributed by atoms with van der Waals surface area (Å²) in [7, 11) is 0. The maximum absolute atomic E-state index is 12.1. The van der Waals surface area contributed by atoms with Gasteiger partial charge in [-0.05, 0) is 18.2 Å². The first kappa shape index (κ1) is 14.7. The van der Waals surface area contributed by atoms with Crippen molar-refractivity contribution in [2.75, 3.05) is 6.61 Å². The summed E-state index contributed by atoms with van der Waals surface area (Å²) in [6.07, 6.45) is -0.661. The van der Waals surface area contributed by atoms with Crippen LogP contribution in [0.15, 0.2) is 18.2 Å². The van der Waals surface area contributed by atoms with Crippen molar-refractivity contribution >= 4 is 35.2 Å². The number of carboxylic acid groups (broad SMARTS) is 1. The number of alkyl halides is 2. The van der Waals surface area contributed by atoms with E-state index in [2.05, 4.69) is 0 Å². The highest BCUT2D eigenvalue weighted by Crippen LogP contribution is 2.33. The van der Waals surface area contributed by atoms with Crippen LogP contribution in [0, 0.1) is 0 Å². The first-order valence-electron chi connectivity index (χ1n) is 4.71. The Balaban J connectivity index is 3.08. The van der Waals surface area contributed by atoms with Crippen LogP contribution in [0.1, 0.15) is 5.56 Å². The van der Waals surface area contributed by atoms with Crippen molar-refractivity contribution < 1.29 is 23.4 Å². The topological polar surface area (TPSA) is 46.5 Å². The molecule has 0 saturated heterocycles. The van der Waals surface area contributed by atoms with Crippen LogP contribution in [0.3, 0.4) is 0 Å². The normalized spacial score (nSPS) is 11.2. The number of aliphatic carboxylic acids is 1. The van der Waals surface area contributed by atoms with E-state index in [-0.39, 0.29) is 21.4 Å². The molecule has 0 aliphatic rings. The number of rotatable bonds is 5. The highest BCUT2D eigenvalue weighted by atomic mass is 35.5. The second-order valence-corrected chi connectivity index (χ2v) is 4.02. The van der Waals surface area contributed by atoms with Gasteiger partial charge in [0.25, 0.3) is 6.43 Å². The van der Waals surface area contributed by atoms with Gasteiger partial charge in [0, 0.05) is 16.7 Å². The molecule has 0 aliphatic carbocycles. The number of ether oxygens (including phenoxy) is 1. The fourth-order valence-corrected chi connectivity index (χ4v) is 1.73. The first-order chi connectivity index (χ1) is 8.40. The van der Waals surface area contributed by atoms with E-state index >= 15 is 0 Å². The van der Waals surface area contributed by atoms with Crippen LogP contribution in [-0.2, 0) is 4.79 Å². The molecule has 7 heteroatoms. The lowest BCUT2D eigenvalue weighted by molar-refractivity contribution is -0.131. The third-order valence-electron chi connectivity index (χ3n) is 1.80. The first-order valence-corrected chi connectivity index (χ1v) is 5.46. The number of halogens is 4. The van der Waals surface area contributed by atoms with E-state index in [9.17, 15) is 13.6 Å². The van der Waals surface area contributed by atoms with Gasteiger partial charge in [0.2, 0.25) is 0 Å². The fourth-order valence-electron chi connectivity index (χ4n) is 1.16. The molecular weight excluding hydrogens is 289 g/mol. The maximum Gasteiger partial charge on any atom is 0.328 e. The van der Waals surface area contributed by atoms with E-state index in [4.69, 9.17) is 33.0 Å². The van der Waals surface area contributed by atoms with E-state index < -0.39 is 19.0 Å². The minimum atomic E-state index is -2.66. The third kappa shape index (κ3) is 4.50. The zero-order valence-corrected chi connectivity index (χ0v) is 10.4. The van der Waals surface area contributed by atoms with Crippen molar-refractivity contribution in [2.24, 2.45) is 0 Å². The summed E-state index contributed by atoms with van der Waals surface area (Å²) in [6.45, 7) is -0.838. The fraction of sp³-hybridized carbons (Fsp3) is 0.182. The van der Waals surface area contributed by atoms with Gasteiger partial charge in [-0.2, -0.15) is 0 Å². The molecule has 0 unspecified atom stereocenters. The summed E-state index contributed by atoms with van der Waals surface area (Å²) < 4.78 is 29.0. The van der Waals surface area contributed by atoms with Gasteiger partial charge >= 0.3 is 5.97 Å². The average Bonchev–Trinajstić information content (AvgIpc) is 2.24. The van der Waals surface area contributed by atoms with Gasteiger partial charge in [0.05, 0.1) is 5.02 Å². The molecule has 1 N–H and O–H groups in total. The molecule has 3 nitrogen and oxygen atoms in total. The van der Waals surface area contributed by atoms with Crippen LogP contribution in [0.25, 0.3) is 6.08 Å². The molecule has 0 fully saturated rings. The van der Waals surface area contributed by atoms with E-state index in [1.165, 1.54) is 18.2 Å². The summed E-state index contributed by atoms with van der Waals surface area (Å²) in [5.41, 5.74) is 0.218. The lowest BCUT2D eigenvalue weighted by atomic mass is 10.2. The minimum Gasteiger partial charge on any atom is -0.485 e.